The summed E-state index contributed by atoms with van der Waals surface area (Å²) in [4.78, 5) is 11.1. The Hall–Kier alpha value is -0.570. The molecule has 0 aromatic heterocycles. The second-order valence-electron chi connectivity index (χ2n) is 3.01. The van der Waals surface area contributed by atoms with Crippen molar-refractivity contribution in [2.45, 2.75) is 39.2 Å². The highest BCUT2D eigenvalue weighted by atomic mass is 16.5. The number of aliphatic hydroxyl groups excluding tert-OH is 1. The van der Waals surface area contributed by atoms with Gasteiger partial charge in [-0.05, 0) is 13.3 Å². The lowest BCUT2D eigenvalue weighted by molar-refractivity contribution is -0.149. The second-order valence-corrected chi connectivity index (χ2v) is 3.01. The molecule has 3 heteroatoms. The summed E-state index contributed by atoms with van der Waals surface area (Å²) in [7, 11) is 1.35. The van der Waals surface area contributed by atoms with Gasteiger partial charge in [0.2, 0.25) is 0 Å². The third-order valence-electron chi connectivity index (χ3n) is 1.95. The minimum absolute atomic E-state index is 0.307. The Morgan fingerprint density at radius 1 is 1.58 bits per heavy atom. The topological polar surface area (TPSA) is 46.5 Å². The van der Waals surface area contributed by atoms with Crippen molar-refractivity contribution in [3.05, 3.63) is 0 Å². The fraction of sp³-hybridized carbons (Fsp3) is 0.889. The summed E-state index contributed by atoms with van der Waals surface area (Å²) in [5.41, 5.74) is 0. The van der Waals surface area contributed by atoms with Gasteiger partial charge >= 0.3 is 5.97 Å². The Morgan fingerprint density at radius 3 is 2.50 bits per heavy atom. The van der Waals surface area contributed by atoms with Crippen LogP contribution in [0.1, 0.15) is 33.1 Å². The number of hydrogen-bond donors (Lipinski definition) is 1. The van der Waals surface area contributed by atoms with Gasteiger partial charge < -0.3 is 9.84 Å². The van der Waals surface area contributed by atoms with Gasteiger partial charge in [-0.15, -0.1) is 0 Å². The number of methoxy groups -OCH3 is 1. The zero-order valence-electron chi connectivity index (χ0n) is 8.04. The molecule has 0 spiro atoms. The molecule has 0 aliphatic heterocycles. The van der Waals surface area contributed by atoms with Crippen molar-refractivity contribution in [1.29, 1.82) is 0 Å². The lowest BCUT2D eigenvalue weighted by atomic mass is 9.97. The van der Waals surface area contributed by atoms with E-state index in [1.165, 1.54) is 7.11 Å². The highest BCUT2D eigenvalue weighted by Crippen LogP contribution is 2.14. The molecule has 0 radical (unpaired) electrons. The molecule has 0 fully saturated rings. The first kappa shape index (κ1) is 11.4. The Kier molecular flexibility index (Phi) is 5.72. The summed E-state index contributed by atoms with van der Waals surface area (Å²) < 4.78 is 4.57. The van der Waals surface area contributed by atoms with Gasteiger partial charge in [0.05, 0.1) is 19.1 Å². The van der Waals surface area contributed by atoms with Crippen LogP contribution < -0.4 is 0 Å². The number of hydrogen-bond acceptors (Lipinski definition) is 3. The maximum atomic E-state index is 11.1. The zero-order valence-corrected chi connectivity index (χ0v) is 8.04. The monoisotopic (exact) mass is 174 g/mol. The van der Waals surface area contributed by atoms with E-state index in [0.29, 0.717) is 6.42 Å². The molecule has 0 aliphatic rings. The Morgan fingerprint density at radius 2 is 2.17 bits per heavy atom. The lowest BCUT2D eigenvalue weighted by Crippen LogP contribution is -2.26. The fourth-order valence-corrected chi connectivity index (χ4v) is 1.13. The molecule has 0 aliphatic carbocycles. The molecule has 0 amide bonds. The van der Waals surface area contributed by atoms with Crippen LogP contribution in [0.15, 0.2) is 0 Å². The summed E-state index contributed by atoms with van der Waals surface area (Å²) in [5.74, 6) is -0.659. The average molecular weight is 174 g/mol. The average Bonchev–Trinajstić information content (AvgIpc) is 2.04. The minimum atomic E-state index is -0.607. The first-order valence-corrected chi connectivity index (χ1v) is 4.39. The summed E-state index contributed by atoms with van der Waals surface area (Å²) in [5, 5.41) is 9.24. The van der Waals surface area contributed by atoms with Crippen LogP contribution in [0.4, 0.5) is 0 Å². The van der Waals surface area contributed by atoms with Crippen LogP contribution in [0.3, 0.4) is 0 Å². The summed E-state index contributed by atoms with van der Waals surface area (Å²) in [6.45, 7) is 3.67. The van der Waals surface area contributed by atoms with Crippen molar-refractivity contribution in [3.63, 3.8) is 0 Å². The van der Waals surface area contributed by atoms with Gasteiger partial charge in [0, 0.05) is 0 Å². The molecule has 12 heavy (non-hydrogen) atoms. The highest BCUT2D eigenvalue weighted by Gasteiger charge is 2.23. The van der Waals surface area contributed by atoms with Crippen LogP contribution in [0.25, 0.3) is 0 Å². The third kappa shape index (κ3) is 3.72. The van der Waals surface area contributed by atoms with Gasteiger partial charge in [-0.1, -0.05) is 19.8 Å². The molecule has 3 nitrogen and oxygen atoms in total. The molecule has 2 unspecified atom stereocenters. The molecule has 0 heterocycles. The van der Waals surface area contributed by atoms with E-state index < -0.39 is 6.10 Å². The maximum Gasteiger partial charge on any atom is 0.311 e. The SMILES string of the molecule is CCCCC(C(=O)OC)C(C)O. The molecule has 1 N–H and O–H groups in total. The number of unbranched alkanes of at least 4 members (excludes halogenated alkanes) is 1. The predicted octanol–water partition coefficient (Wildman–Crippen LogP) is 1.35. The van der Waals surface area contributed by atoms with Crippen LogP contribution in [0.5, 0.6) is 0 Å². The Labute approximate surface area is 73.7 Å². The van der Waals surface area contributed by atoms with Crippen molar-refractivity contribution in [1.82, 2.24) is 0 Å². The predicted molar refractivity (Wildman–Crippen MR) is 46.7 cm³/mol. The van der Waals surface area contributed by atoms with E-state index in [0.717, 1.165) is 12.8 Å². The van der Waals surface area contributed by atoms with Crippen molar-refractivity contribution < 1.29 is 14.6 Å². The fourth-order valence-electron chi connectivity index (χ4n) is 1.13. The number of carbonyl (C=O) groups is 1. The largest absolute Gasteiger partial charge is 0.469 e. The van der Waals surface area contributed by atoms with Crippen LogP contribution in [-0.2, 0) is 9.53 Å². The van der Waals surface area contributed by atoms with Crippen molar-refractivity contribution in [2.75, 3.05) is 7.11 Å². The first-order valence-electron chi connectivity index (χ1n) is 4.39. The molecule has 0 aromatic rings. The smallest absolute Gasteiger partial charge is 0.311 e. The third-order valence-corrected chi connectivity index (χ3v) is 1.95. The van der Waals surface area contributed by atoms with Gasteiger partial charge in [0.15, 0.2) is 0 Å². The van der Waals surface area contributed by atoms with Crippen molar-refractivity contribution in [2.24, 2.45) is 5.92 Å². The molecule has 72 valence electrons. The van der Waals surface area contributed by atoms with Gasteiger partial charge in [-0.25, -0.2) is 0 Å². The van der Waals surface area contributed by atoms with Gasteiger partial charge in [0.1, 0.15) is 0 Å². The number of carbonyl (C=O) groups excluding carboxylic acids is 1. The molecule has 0 bridgehead atoms. The molecule has 0 aromatic carbocycles. The number of rotatable bonds is 5. The Bertz CT molecular complexity index is 132. The maximum absolute atomic E-state index is 11.1. The molecule has 0 saturated heterocycles. The second kappa shape index (κ2) is 6.00. The number of ether oxygens (including phenoxy) is 1. The van der Waals surface area contributed by atoms with E-state index >= 15 is 0 Å². The van der Waals surface area contributed by atoms with E-state index in [1.54, 1.807) is 6.92 Å². The molecule has 0 rings (SSSR count). The van der Waals surface area contributed by atoms with E-state index in [1.807, 2.05) is 0 Å². The highest BCUT2D eigenvalue weighted by molar-refractivity contribution is 5.72. The quantitative estimate of drug-likeness (QED) is 0.640. The normalized spacial score (nSPS) is 15.3. The van der Waals surface area contributed by atoms with Gasteiger partial charge in [0.25, 0.3) is 0 Å². The van der Waals surface area contributed by atoms with Crippen LogP contribution in [0, 0.1) is 5.92 Å². The zero-order chi connectivity index (χ0) is 9.56. The first-order chi connectivity index (χ1) is 5.63. The lowest BCUT2D eigenvalue weighted by Gasteiger charge is -2.16. The molecular formula is C9H18O3. The van der Waals surface area contributed by atoms with E-state index in [4.69, 9.17) is 0 Å². The number of aliphatic hydroxyl groups is 1. The van der Waals surface area contributed by atoms with Crippen LogP contribution >= 0.6 is 0 Å². The molecule has 2 atom stereocenters. The summed E-state index contributed by atoms with van der Waals surface area (Å²) in [6, 6.07) is 0. The standard InChI is InChI=1S/C9H18O3/c1-4-5-6-8(7(2)10)9(11)12-3/h7-8,10H,4-6H2,1-3H3. The van der Waals surface area contributed by atoms with E-state index in [-0.39, 0.29) is 11.9 Å². The van der Waals surface area contributed by atoms with Gasteiger partial charge in [-0.3, -0.25) is 4.79 Å². The van der Waals surface area contributed by atoms with Crippen LogP contribution in [0.2, 0.25) is 0 Å². The Balaban J connectivity index is 3.95. The molecule has 0 saturated carbocycles. The minimum Gasteiger partial charge on any atom is -0.469 e. The van der Waals surface area contributed by atoms with E-state index in [9.17, 15) is 9.90 Å². The van der Waals surface area contributed by atoms with E-state index in [2.05, 4.69) is 11.7 Å². The van der Waals surface area contributed by atoms with Gasteiger partial charge in [-0.2, -0.15) is 0 Å². The summed E-state index contributed by atoms with van der Waals surface area (Å²) >= 11 is 0. The number of esters is 1. The molecular weight excluding hydrogens is 156 g/mol. The van der Waals surface area contributed by atoms with Crippen molar-refractivity contribution >= 4 is 5.97 Å². The van der Waals surface area contributed by atoms with Crippen molar-refractivity contribution in [3.8, 4) is 0 Å². The summed E-state index contributed by atoms with van der Waals surface area (Å²) in [6.07, 6.45) is 2.08. The van der Waals surface area contributed by atoms with Crippen LogP contribution in [-0.4, -0.2) is 24.3 Å².